The fourth-order valence-electron chi connectivity index (χ4n) is 3.08. The number of nitrogens with one attached hydrogen (secondary N) is 1. The van der Waals surface area contributed by atoms with Gasteiger partial charge in [0.25, 0.3) is 0 Å². The molecule has 2 nitrogen and oxygen atoms in total. The van der Waals surface area contributed by atoms with E-state index in [4.69, 9.17) is 0 Å². The highest BCUT2D eigenvalue weighted by Crippen LogP contribution is 2.41. The number of rotatable bonds is 5. The third-order valence-electron chi connectivity index (χ3n) is 4.01. The minimum atomic E-state index is 0.628. The van der Waals surface area contributed by atoms with E-state index in [2.05, 4.69) is 50.2 Å². The van der Waals surface area contributed by atoms with E-state index in [1.165, 1.54) is 17.8 Å². The highest BCUT2D eigenvalue weighted by atomic mass is 32.1. The minimum absolute atomic E-state index is 0.628. The molecule has 18 heavy (non-hydrogen) atoms. The SMILES string of the molecule is CCc1ccc(C2C(CNC)CCN2C(C)C)s1. The van der Waals surface area contributed by atoms with Crippen LogP contribution in [0, 0.1) is 5.92 Å². The van der Waals surface area contributed by atoms with Crippen LogP contribution in [0.4, 0.5) is 0 Å². The average molecular weight is 266 g/mol. The smallest absolute Gasteiger partial charge is 0.0485 e. The van der Waals surface area contributed by atoms with Gasteiger partial charge in [-0.2, -0.15) is 0 Å². The van der Waals surface area contributed by atoms with E-state index in [1.54, 1.807) is 4.88 Å². The Labute approximate surface area is 115 Å². The third kappa shape index (κ3) is 2.79. The Morgan fingerprint density at radius 3 is 2.78 bits per heavy atom. The zero-order valence-electron chi connectivity index (χ0n) is 12.1. The van der Waals surface area contributed by atoms with Gasteiger partial charge in [0.2, 0.25) is 0 Å². The minimum Gasteiger partial charge on any atom is -0.319 e. The van der Waals surface area contributed by atoms with Crippen LogP contribution in [0.1, 0.15) is 43.0 Å². The van der Waals surface area contributed by atoms with Crippen molar-refractivity contribution >= 4 is 11.3 Å². The monoisotopic (exact) mass is 266 g/mol. The van der Waals surface area contributed by atoms with Gasteiger partial charge in [0.15, 0.2) is 0 Å². The van der Waals surface area contributed by atoms with Crippen molar-refractivity contribution in [3.63, 3.8) is 0 Å². The second-order valence-electron chi connectivity index (χ2n) is 5.54. The second-order valence-corrected chi connectivity index (χ2v) is 6.74. The van der Waals surface area contributed by atoms with Crippen molar-refractivity contribution in [3.05, 3.63) is 21.9 Å². The van der Waals surface area contributed by atoms with Crippen molar-refractivity contribution in [1.82, 2.24) is 10.2 Å². The van der Waals surface area contributed by atoms with Crippen molar-refractivity contribution in [2.45, 2.75) is 45.7 Å². The fourth-order valence-corrected chi connectivity index (χ4v) is 4.24. The molecule has 1 aliphatic heterocycles. The summed E-state index contributed by atoms with van der Waals surface area (Å²) in [5.41, 5.74) is 0. The maximum atomic E-state index is 3.37. The molecule has 2 unspecified atom stereocenters. The zero-order valence-corrected chi connectivity index (χ0v) is 12.9. The summed E-state index contributed by atoms with van der Waals surface area (Å²) < 4.78 is 0. The van der Waals surface area contributed by atoms with Crippen LogP contribution in [-0.2, 0) is 6.42 Å². The zero-order chi connectivity index (χ0) is 13.1. The van der Waals surface area contributed by atoms with Crippen LogP contribution in [0.25, 0.3) is 0 Å². The number of hydrogen-bond donors (Lipinski definition) is 1. The van der Waals surface area contributed by atoms with Crippen LogP contribution in [0.2, 0.25) is 0 Å². The number of thiophene rings is 1. The van der Waals surface area contributed by atoms with Gasteiger partial charge < -0.3 is 5.32 Å². The summed E-state index contributed by atoms with van der Waals surface area (Å²) in [5, 5.41) is 3.37. The quantitative estimate of drug-likeness (QED) is 0.879. The Balaban J connectivity index is 2.22. The predicted molar refractivity (Wildman–Crippen MR) is 80.3 cm³/mol. The van der Waals surface area contributed by atoms with Gasteiger partial charge in [-0.05, 0) is 64.9 Å². The summed E-state index contributed by atoms with van der Waals surface area (Å²) in [6.45, 7) is 9.27. The van der Waals surface area contributed by atoms with Gasteiger partial charge in [0, 0.05) is 21.8 Å². The molecule has 1 aromatic rings. The highest BCUT2D eigenvalue weighted by Gasteiger charge is 2.36. The number of likely N-dealkylation sites (tertiary alicyclic amines) is 1. The molecular weight excluding hydrogens is 240 g/mol. The van der Waals surface area contributed by atoms with Gasteiger partial charge in [-0.1, -0.05) is 6.92 Å². The lowest BCUT2D eigenvalue weighted by atomic mass is 9.98. The summed E-state index contributed by atoms with van der Waals surface area (Å²) in [6.07, 6.45) is 2.48. The number of hydrogen-bond acceptors (Lipinski definition) is 3. The van der Waals surface area contributed by atoms with Crippen molar-refractivity contribution < 1.29 is 0 Å². The van der Waals surface area contributed by atoms with Crippen LogP contribution in [0.5, 0.6) is 0 Å². The molecule has 0 aliphatic carbocycles. The normalized spacial score (nSPS) is 25.2. The van der Waals surface area contributed by atoms with Crippen molar-refractivity contribution in [1.29, 1.82) is 0 Å². The van der Waals surface area contributed by atoms with E-state index in [0.29, 0.717) is 12.1 Å². The van der Waals surface area contributed by atoms with E-state index in [1.807, 2.05) is 11.3 Å². The summed E-state index contributed by atoms with van der Waals surface area (Å²) in [5.74, 6) is 0.765. The molecule has 0 aromatic carbocycles. The van der Waals surface area contributed by atoms with Crippen LogP contribution in [-0.4, -0.2) is 31.1 Å². The Kier molecular flexibility index (Phi) is 4.82. The Morgan fingerprint density at radius 1 is 1.44 bits per heavy atom. The molecule has 0 amide bonds. The van der Waals surface area contributed by atoms with Gasteiger partial charge >= 0.3 is 0 Å². The summed E-state index contributed by atoms with van der Waals surface area (Å²) in [6, 6.07) is 5.94. The first-order valence-corrected chi connectivity index (χ1v) is 7.98. The standard InChI is InChI=1S/C15H26N2S/c1-5-13-6-7-14(18-13)15-12(10-16-4)8-9-17(15)11(2)3/h6-7,11-12,15-16H,5,8-10H2,1-4H3. The molecule has 3 heteroatoms. The van der Waals surface area contributed by atoms with Gasteiger partial charge in [-0.15, -0.1) is 11.3 Å². The van der Waals surface area contributed by atoms with Crippen LogP contribution in [0.15, 0.2) is 12.1 Å². The molecule has 2 rings (SSSR count). The molecule has 0 saturated carbocycles. The van der Waals surface area contributed by atoms with Crippen molar-refractivity contribution in [2.75, 3.05) is 20.1 Å². The first-order valence-electron chi connectivity index (χ1n) is 7.16. The molecule has 0 radical (unpaired) electrons. The first-order chi connectivity index (χ1) is 8.67. The van der Waals surface area contributed by atoms with Gasteiger partial charge in [-0.25, -0.2) is 0 Å². The predicted octanol–water partition coefficient (Wildman–Crippen LogP) is 3.30. The summed E-state index contributed by atoms with van der Waals surface area (Å²) in [4.78, 5) is 5.76. The molecule has 1 saturated heterocycles. The van der Waals surface area contributed by atoms with Crippen LogP contribution < -0.4 is 5.32 Å². The van der Waals surface area contributed by atoms with Gasteiger partial charge in [-0.3, -0.25) is 4.90 Å². The lowest BCUT2D eigenvalue weighted by molar-refractivity contribution is 0.185. The second kappa shape index (κ2) is 6.18. The van der Waals surface area contributed by atoms with Crippen molar-refractivity contribution in [3.8, 4) is 0 Å². The molecule has 1 fully saturated rings. The highest BCUT2D eigenvalue weighted by molar-refractivity contribution is 7.12. The summed E-state index contributed by atoms with van der Waals surface area (Å²) in [7, 11) is 2.07. The van der Waals surface area contributed by atoms with E-state index < -0.39 is 0 Å². The lowest BCUT2D eigenvalue weighted by Gasteiger charge is -2.30. The van der Waals surface area contributed by atoms with E-state index in [0.717, 1.165) is 18.9 Å². The van der Waals surface area contributed by atoms with Gasteiger partial charge in [0.1, 0.15) is 0 Å². The molecule has 1 aromatic heterocycles. The fraction of sp³-hybridized carbons (Fsp3) is 0.733. The molecule has 1 N–H and O–H groups in total. The third-order valence-corrected chi connectivity index (χ3v) is 5.31. The van der Waals surface area contributed by atoms with Gasteiger partial charge in [0.05, 0.1) is 0 Å². The lowest BCUT2D eigenvalue weighted by Crippen LogP contribution is -2.33. The van der Waals surface area contributed by atoms with Crippen LogP contribution in [0.3, 0.4) is 0 Å². The largest absolute Gasteiger partial charge is 0.319 e. The molecule has 0 bridgehead atoms. The maximum Gasteiger partial charge on any atom is 0.0485 e. The summed E-state index contributed by atoms with van der Waals surface area (Å²) >= 11 is 2.01. The van der Waals surface area contributed by atoms with Crippen molar-refractivity contribution in [2.24, 2.45) is 5.92 Å². The topological polar surface area (TPSA) is 15.3 Å². The molecule has 0 spiro atoms. The van der Waals surface area contributed by atoms with E-state index >= 15 is 0 Å². The van der Waals surface area contributed by atoms with Crippen LogP contribution >= 0.6 is 11.3 Å². The first kappa shape index (κ1) is 14.0. The van der Waals surface area contributed by atoms with E-state index in [-0.39, 0.29) is 0 Å². The molecule has 2 atom stereocenters. The maximum absolute atomic E-state index is 3.37. The average Bonchev–Trinajstić information content (AvgIpc) is 2.94. The Hall–Kier alpha value is -0.380. The van der Waals surface area contributed by atoms with E-state index in [9.17, 15) is 0 Å². The Morgan fingerprint density at radius 2 is 2.22 bits per heavy atom. The molecular formula is C15H26N2S. The number of nitrogens with zero attached hydrogens (tertiary/aromatic N) is 1. The molecule has 102 valence electrons. The Bertz CT molecular complexity index is 372. The molecule has 1 aliphatic rings. The molecule has 2 heterocycles. The number of aryl methyl sites for hydroxylation is 1.